The summed E-state index contributed by atoms with van der Waals surface area (Å²) in [5, 5.41) is 3.32. The molecule has 0 fully saturated rings. The second kappa shape index (κ2) is 13.8. The van der Waals surface area contributed by atoms with Gasteiger partial charge in [0.05, 0.1) is 26.2 Å². The van der Waals surface area contributed by atoms with Crippen LogP contribution in [0.15, 0.2) is 71.6 Å². The van der Waals surface area contributed by atoms with Gasteiger partial charge in [-0.25, -0.2) is 8.42 Å². The first-order valence-corrected chi connectivity index (χ1v) is 15.8. The van der Waals surface area contributed by atoms with Crippen molar-refractivity contribution in [1.29, 1.82) is 0 Å². The molecule has 0 heterocycles. The molecule has 0 spiro atoms. The molecule has 0 radical (unpaired) electrons. The fourth-order valence-electron chi connectivity index (χ4n) is 4.41. The van der Waals surface area contributed by atoms with Crippen molar-refractivity contribution in [3.63, 3.8) is 0 Å². The number of benzene rings is 3. The Hall–Kier alpha value is -3.28. The Balaban J connectivity index is 2.15. The normalized spacial score (nSPS) is 12.9. The smallest absolute Gasteiger partial charge is 0.350 e. The van der Waals surface area contributed by atoms with Crippen molar-refractivity contribution in [1.82, 2.24) is 10.2 Å². The Bertz CT molecular complexity index is 1610. The van der Waals surface area contributed by atoms with Gasteiger partial charge in [-0.05, 0) is 82.1 Å². The fourth-order valence-corrected chi connectivity index (χ4v) is 6.14. The second-order valence-corrected chi connectivity index (χ2v) is 14.0. The van der Waals surface area contributed by atoms with Gasteiger partial charge in [0.25, 0.3) is 10.0 Å². The first kappa shape index (κ1) is 35.2. The molecule has 0 aliphatic rings. The zero-order valence-electron chi connectivity index (χ0n) is 24.9. The molecule has 2 amide bonds. The van der Waals surface area contributed by atoms with Crippen LogP contribution in [-0.2, 0) is 32.3 Å². The first-order chi connectivity index (χ1) is 20.3. The summed E-state index contributed by atoms with van der Waals surface area (Å²) in [6.45, 7) is 7.70. The van der Waals surface area contributed by atoms with Crippen molar-refractivity contribution in [2.45, 2.75) is 70.2 Å². The van der Waals surface area contributed by atoms with E-state index in [1.165, 1.54) is 35.2 Å². The van der Waals surface area contributed by atoms with Gasteiger partial charge in [0.1, 0.15) is 12.6 Å². The molecule has 3 aromatic rings. The number of rotatable bonds is 10. The van der Waals surface area contributed by atoms with Gasteiger partial charge in [-0.1, -0.05) is 60.0 Å². The van der Waals surface area contributed by atoms with E-state index in [4.69, 9.17) is 23.2 Å². The number of amides is 2. The lowest BCUT2D eigenvalue weighted by atomic mass is 10.1. The van der Waals surface area contributed by atoms with Gasteiger partial charge in [0.2, 0.25) is 11.8 Å². The summed E-state index contributed by atoms with van der Waals surface area (Å²) in [6, 6.07) is 13.0. The number of halogens is 5. The molecular weight excluding hydrogens is 638 g/mol. The maximum Gasteiger partial charge on any atom is 0.416 e. The lowest BCUT2D eigenvalue weighted by molar-refractivity contribution is -0.141. The fraction of sp³-hybridized carbons (Fsp3) is 0.355. The van der Waals surface area contributed by atoms with Crippen molar-refractivity contribution in [2.75, 3.05) is 10.8 Å². The average Bonchev–Trinajstić information content (AvgIpc) is 2.92. The number of anilines is 1. The molecule has 238 valence electrons. The maximum atomic E-state index is 14.1. The highest BCUT2D eigenvalue weighted by Crippen LogP contribution is 2.33. The molecule has 1 unspecified atom stereocenters. The number of aryl methyl sites for hydroxylation is 1. The molecule has 7 nitrogen and oxygen atoms in total. The van der Waals surface area contributed by atoms with Gasteiger partial charge >= 0.3 is 6.18 Å². The third kappa shape index (κ3) is 8.89. The summed E-state index contributed by atoms with van der Waals surface area (Å²) in [5.41, 5.74) is -0.844. The Kier molecular flexibility index (Phi) is 11.0. The second-order valence-electron chi connectivity index (χ2n) is 11.3. The number of alkyl halides is 3. The molecule has 0 saturated carbocycles. The number of nitrogens with one attached hydrogen (secondary N) is 1. The van der Waals surface area contributed by atoms with Crippen LogP contribution in [0.1, 0.15) is 50.8 Å². The Labute approximate surface area is 266 Å². The highest BCUT2D eigenvalue weighted by molar-refractivity contribution is 7.92. The first-order valence-electron chi connectivity index (χ1n) is 13.7. The van der Waals surface area contributed by atoms with Crippen molar-refractivity contribution in [3.05, 3.63) is 93.5 Å². The van der Waals surface area contributed by atoms with Crippen LogP contribution in [0.5, 0.6) is 0 Å². The highest BCUT2D eigenvalue weighted by atomic mass is 35.5. The van der Waals surface area contributed by atoms with E-state index < -0.39 is 51.7 Å². The number of carbonyl (C=O) groups excluding carboxylic acids is 2. The van der Waals surface area contributed by atoms with Crippen LogP contribution in [0, 0.1) is 6.92 Å². The Morgan fingerprint density at radius 1 is 0.932 bits per heavy atom. The molecule has 3 aromatic carbocycles. The Morgan fingerprint density at radius 2 is 1.57 bits per heavy atom. The van der Waals surface area contributed by atoms with Crippen LogP contribution in [0.3, 0.4) is 0 Å². The Morgan fingerprint density at radius 3 is 2.11 bits per heavy atom. The van der Waals surface area contributed by atoms with E-state index in [9.17, 15) is 31.2 Å². The van der Waals surface area contributed by atoms with Crippen molar-refractivity contribution < 1.29 is 31.2 Å². The van der Waals surface area contributed by atoms with Gasteiger partial charge in [-0.3, -0.25) is 13.9 Å². The minimum atomic E-state index is -4.77. The van der Waals surface area contributed by atoms with Gasteiger partial charge in [-0.15, -0.1) is 0 Å². The molecule has 0 aliphatic heterocycles. The molecule has 1 N–H and O–H groups in total. The predicted molar refractivity (Wildman–Crippen MR) is 166 cm³/mol. The molecular formula is C31H34Cl2F3N3O4S. The number of nitrogens with zero attached hydrogens (tertiary/aromatic N) is 2. The number of hydrogen-bond acceptors (Lipinski definition) is 4. The molecule has 3 rings (SSSR count). The number of carbonyl (C=O) groups is 2. The van der Waals surface area contributed by atoms with E-state index in [1.54, 1.807) is 52.8 Å². The van der Waals surface area contributed by atoms with Gasteiger partial charge in [0, 0.05) is 12.1 Å². The van der Waals surface area contributed by atoms with Crippen LogP contribution < -0.4 is 9.62 Å². The van der Waals surface area contributed by atoms with E-state index in [1.807, 2.05) is 0 Å². The van der Waals surface area contributed by atoms with Crippen LogP contribution in [-0.4, -0.2) is 43.3 Å². The van der Waals surface area contributed by atoms with Crippen LogP contribution in [0.25, 0.3) is 0 Å². The third-order valence-corrected chi connectivity index (χ3v) is 9.10. The third-order valence-electron chi connectivity index (χ3n) is 6.57. The SMILES string of the molecule is CCC(C(=O)NC(C)(C)C)N(Cc1ccc(Cl)c(Cl)c1)C(=O)CN(c1cccc(C(F)(F)F)c1)S(=O)(=O)c1ccc(C)cc1. The largest absolute Gasteiger partial charge is 0.416 e. The van der Waals surface area contributed by atoms with Crippen LogP contribution in [0.2, 0.25) is 10.0 Å². The summed E-state index contributed by atoms with van der Waals surface area (Å²) in [4.78, 5) is 28.5. The average molecular weight is 673 g/mol. The summed E-state index contributed by atoms with van der Waals surface area (Å²) in [5.74, 6) is -1.31. The van der Waals surface area contributed by atoms with E-state index in [2.05, 4.69) is 5.32 Å². The minimum Gasteiger partial charge on any atom is -0.350 e. The lowest BCUT2D eigenvalue weighted by Gasteiger charge is -2.35. The summed E-state index contributed by atoms with van der Waals surface area (Å²) >= 11 is 12.3. The minimum absolute atomic E-state index is 0.156. The van der Waals surface area contributed by atoms with E-state index in [0.29, 0.717) is 15.9 Å². The van der Waals surface area contributed by atoms with E-state index >= 15 is 0 Å². The number of hydrogen-bond donors (Lipinski definition) is 1. The molecule has 0 aliphatic carbocycles. The summed E-state index contributed by atoms with van der Waals surface area (Å²) in [6.07, 6.45) is -4.61. The quantitative estimate of drug-likeness (QED) is 0.246. The van der Waals surface area contributed by atoms with Gasteiger partial charge in [-0.2, -0.15) is 13.2 Å². The maximum absolute atomic E-state index is 14.1. The lowest BCUT2D eigenvalue weighted by Crippen LogP contribution is -2.55. The van der Waals surface area contributed by atoms with Crippen molar-refractivity contribution in [2.24, 2.45) is 0 Å². The number of sulfonamides is 1. The standard InChI is InChI=1S/C31H34Cl2F3N3O4S/c1-6-27(29(41)37-30(3,4)5)38(18-21-12-15-25(32)26(33)16-21)28(40)19-39(23-9-7-8-22(17-23)31(34,35)36)44(42,43)24-13-10-20(2)11-14-24/h7-17,27H,6,18-19H2,1-5H3,(H,37,41). The molecule has 13 heteroatoms. The predicted octanol–water partition coefficient (Wildman–Crippen LogP) is 7.24. The van der Waals surface area contributed by atoms with Crippen LogP contribution >= 0.6 is 23.2 Å². The molecule has 0 saturated heterocycles. The van der Waals surface area contributed by atoms with Crippen molar-refractivity contribution in [3.8, 4) is 0 Å². The van der Waals surface area contributed by atoms with Crippen molar-refractivity contribution >= 4 is 50.7 Å². The highest BCUT2D eigenvalue weighted by Gasteiger charge is 2.36. The summed E-state index contributed by atoms with van der Waals surface area (Å²) in [7, 11) is -4.55. The molecule has 1 atom stereocenters. The topological polar surface area (TPSA) is 86.8 Å². The van der Waals surface area contributed by atoms with Crippen LogP contribution in [0.4, 0.5) is 18.9 Å². The van der Waals surface area contributed by atoms with E-state index in [0.717, 1.165) is 17.7 Å². The molecule has 44 heavy (non-hydrogen) atoms. The van der Waals surface area contributed by atoms with Gasteiger partial charge in [0.15, 0.2) is 0 Å². The van der Waals surface area contributed by atoms with Gasteiger partial charge < -0.3 is 10.2 Å². The molecule has 0 aromatic heterocycles. The summed E-state index contributed by atoms with van der Waals surface area (Å²) < 4.78 is 69.5. The molecule has 0 bridgehead atoms. The zero-order valence-corrected chi connectivity index (χ0v) is 27.2. The zero-order chi connectivity index (χ0) is 33.0. The van der Waals surface area contributed by atoms with E-state index in [-0.39, 0.29) is 33.6 Å². The monoisotopic (exact) mass is 671 g/mol.